The summed E-state index contributed by atoms with van der Waals surface area (Å²) in [5, 5.41) is 11.5. The molecule has 4 rings (SSSR count). The molecule has 0 radical (unpaired) electrons. The van der Waals surface area contributed by atoms with E-state index in [1.807, 2.05) is 13.0 Å². The molecular formula is C19H24O3. The Morgan fingerprint density at radius 3 is 2.73 bits per heavy atom. The SMILES string of the molecule is CC1=C2CC[C@@]3(C)C(=O)CCC3(O)C2CC2CCC(=O)C=C12. The number of ketones is 2. The molecule has 4 aliphatic rings. The number of allylic oxidation sites excluding steroid dienone is 3. The predicted molar refractivity (Wildman–Crippen MR) is 83.2 cm³/mol. The summed E-state index contributed by atoms with van der Waals surface area (Å²) in [6.45, 7) is 4.09. The third kappa shape index (κ3) is 1.61. The zero-order valence-electron chi connectivity index (χ0n) is 13.4. The van der Waals surface area contributed by atoms with Crippen LogP contribution in [-0.4, -0.2) is 22.3 Å². The second-order valence-corrected chi connectivity index (χ2v) is 7.92. The highest BCUT2D eigenvalue weighted by atomic mass is 16.3. The highest BCUT2D eigenvalue weighted by molar-refractivity contribution is 5.92. The van der Waals surface area contributed by atoms with Crippen LogP contribution >= 0.6 is 0 Å². The first kappa shape index (κ1) is 14.4. The van der Waals surface area contributed by atoms with Gasteiger partial charge in [0.1, 0.15) is 5.78 Å². The number of fused-ring (bicyclic) bond motifs is 4. The van der Waals surface area contributed by atoms with Gasteiger partial charge in [-0.3, -0.25) is 9.59 Å². The van der Waals surface area contributed by atoms with Gasteiger partial charge in [0.05, 0.1) is 11.0 Å². The Hall–Kier alpha value is -1.22. The topological polar surface area (TPSA) is 54.4 Å². The highest BCUT2D eigenvalue weighted by Crippen LogP contribution is 2.61. The van der Waals surface area contributed by atoms with Gasteiger partial charge in [0.2, 0.25) is 0 Å². The summed E-state index contributed by atoms with van der Waals surface area (Å²) in [6.07, 6.45) is 7.02. The lowest BCUT2D eigenvalue weighted by molar-refractivity contribution is -0.147. The molecule has 0 aromatic rings. The van der Waals surface area contributed by atoms with E-state index in [9.17, 15) is 14.7 Å². The van der Waals surface area contributed by atoms with Crippen LogP contribution < -0.4 is 0 Å². The summed E-state index contributed by atoms with van der Waals surface area (Å²) in [7, 11) is 0. The van der Waals surface area contributed by atoms with E-state index in [-0.39, 0.29) is 17.5 Å². The van der Waals surface area contributed by atoms with Crippen LogP contribution in [0.15, 0.2) is 22.8 Å². The van der Waals surface area contributed by atoms with Crippen molar-refractivity contribution in [2.75, 3.05) is 0 Å². The molecule has 22 heavy (non-hydrogen) atoms. The van der Waals surface area contributed by atoms with E-state index >= 15 is 0 Å². The van der Waals surface area contributed by atoms with Gasteiger partial charge in [0.15, 0.2) is 5.78 Å². The van der Waals surface area contributed by atoms with Gasteiger partial charge in [-0.05, 0) is 69.1 Å². The largest absolute Gasteiger partial charge is 0.388 e. The van der Waals surface area contributed by atoms with Gasteiger partial charge >= 0.3 is 0 Å². The number of hydrogen-bond donors (Lipinski definition) is 1. The van der Waals surface area contributed by atoms with Gasteiger partial charge in [0, 0.05) is 18.8 Å². The van der Waals surface area contributed by atoms with Crippen molar-refractivity contribution in [1.82, 2.24) is 0 Å². The van der Waals surface area contributed by atoms with Gasteiger partial charge < -0.3 is 5.11 Å². The minimum absolute atomic E-state index is 0.105. The monoisotopic (exact) mass is 300 g/mol. The Morgan fingerprint density at radius 1 is 1.18 bits per heavy atom. The van der Waals surface area contributed by atoms with Gasteiger partial charge in [-0.15, -0.1) is 0 Å². The zero-order valence-corrected chi connectivity index (χ0v) is 13.4. The Kier molecular flexibility index (Phi) is 2.88. The van der Waals surface area contributed by atoms with Gasteiger partial charge in [-0.25, -0.2) is 0 Å². The van der Waals surface area contributed by atoms with Crippen LogP contribution in [-0.2, 0) is 9.59 Å². The maximum Gasteiger partial charge on any atom is 0.156 e. The van der Waals surface area contributed by atoms with Crippen LogP contribution in [0.4, 0.5) is 0 Å². The number of carbonyl (C=O) groups excluding carboxylic acids is 2. The van der Waals surface area contributed by atoms with E-state index in [4.69, 9.17) is 0 Å². The van der Waals surface area contributed by atoms with Crippen LogP contribution in [0.3, 0.4) is 0 Å². The minimum atomic E-state index is -0.869. The van der Waals surface area contributed by atoms with Gasteiger partial charge in [-0.2, -0.15) is 0 Å². The fourth-order valence-electron chi connectivity index (χ4n) is 5.61. The standard InChI is InChI=1S/C19H24O3/c1-11-14-5-7-18(2)17(21)6-8-19(18,22)16(14)9-12-3-4-13(20)10-15(11)12/h10,12,16,22H,3-9H2,1-2H3/t12?,16?,18-,19?/m0/s1. The molecule has 0 bridgehead atoms. The van der Waals surface area contributed by atoms with Crippen molar-refractivity contribution < 1.29 is 14.7 Å². The lowest BCUT2D eigenvalue weighted by atomic mass is 9.53. The van der Waals surface area contributed by atoms with Gasteiger partial charge in [-0.1, -0.05) is 5.57 Å². The number of carbonyl (C=O) groups is 2. The number of rotatable bonds is 0. The zero-order chi connectivity index (χ0) is 15.7. The maximum atomic E-state index is 12.4. The highest BCUT2D eigenvalue weighted by Gasteiger charge is 2.63. The van der Waals surface area contributed by atoms with Crippen molar-refractivity contribution in [2.24, 2.45) is 17.3 Å². The minimum Gasteiger partial charge on any atom is -0.388 e. The molecule has 0 aliphatic heterocycles. The fourth-order valence-corrected chi connectivity index (χ4v) is 5.61. The van der Waals surface area contributed by atoms with Crippen molar-refractivity contribution >= 4 is 11.6 Å². The van der Waals surface area contributed by atoms with Crippen LogP contribution in [0.2, 0.25) is 0 Å². The molecule has 3 nitrogen and oxygen atoms in total. The van der Waals surface area contributed by atoms with E-state index in [1.54, 1.807) is 0 Å². The first-order valence-electron chi connectivity index (χ1n) is 8.57. The number of Topliss-reactive ketones (excluding diaryl/α,β-unsaturated/α-hetero) is 1. The van der Waals surface area contributed by atoms with Crippen LogP contribution in [0, 0.1) is 17.3 Å². The van der Waals surface area contributed by atoms with Crippen molar-refractivity contribution in [3.63, 3.8) is 0 Å². The molecule has 0 heterocycles. The lowest BCUT2D eigenvalue weighted by Gasteiger charge is -2.53. The molecule has 0 saturated heterocycles. The van der Waals surface area contributed by atoms with Crippen molar-refractivity contribution in [3.8, 4) is 0 Å². The maximum absolute atomic E-state index is 12.4. The summed E-state index contributed by atoms with van der Waals surface area (Å²) in [5.74, 6) is 0.966. The molecule has 4 atom stereocenters. The van der Waals surface area contributed by atoms with Crippen LogP contribution in [0.5, 0.6) is 0 Å². The average Bonchev–Trinajstić information content (AvgIpc) is 2.73. The molecule has 3 unspecified atom stereocenters. The summed E-state index contributed by atoms with van der Waals surface area (Å²) in [5.41, 5.74) is 2.31. The quantitative estimate of drug-likeness (QED) is 0.748. The lowest BCUT2D eigenvalue weighted by Crippen LogP contribution is -2.55. The first-order valence-corrected chi connectivity index (χ1v) is 8.57. The van der Waals surface area contributed by atoms with Crippen LogP contribution in [0.25, 0.3) is 0 Å². The molecule has 0 spiro atoms. The van der Waals surface area contributed by atoms with E-state index in [2.05, 4.69) is 6.92 Å². The Balaban J connectivity index is 1.83. The number of hydrogen-bond acceptors (Lipinski definition) is 3. The Labute approximate surface area is 131 Å². The van der Waals surface area contributed by atoms with E-state index in [0.29, 0.717) is 25.2 Å². The normalized spacial score (nSPS) is 44.4. The van der Waals surface area contributed by atoms with Crippen molar-refractivity contribution in [3.05, 3.63) is 22.8 Å². The third-order valence-corrected chi connectivity index (χ3v) is 7.13. The predicted octanol–water partition coefficient (Wildman–Crippen LogP) is 3.12. The second kappa shape index (κ2) is 4.41. The molecule has 3 heteroatoms. The molecule has 0 amide bonds. The molecule has 118 valence electrons. The Morgan fingerprint density at radius 2 is 1.95 bits per heavy atom. The molecule has 4 aliphatic carbocycles. The smallest absolute Gasteiger partial charge is 0.156 e. The Bertz CT molecular complexity index is 641. The van der Waals surface area contributed by atoms with Crippen LogP contribution in [0.1, 0.15) is 58.8 Å². The summed E-state index contributed by atoms with van der Waals surface area (Å²) in [4.78, 5) is 24.2. The van der Waals surface area contributed by atoms with E-state index in [0.717, 1.165) is 25.7 Å². The van der Waals surface area contributed by atoms with Crippen molar-refractivity contribution in [2.45, 2.75) is 64.4 Å². The molecule has 0 aromatic carbocycles. The van der Waals surface area contributed by atoms with Gasteiger partial charge in [0.25, 0.3) is 0 Å². The summed E-state index contributed by atoms with van der Waals surface area (Å²) >= 11 is 0. The fraction of sp³-hybridized carbons (Fsp3) is 0.684. The first-order chi connectivity index (χ1) is 10.4. The van der Waals surface area contributed by atoms with E-state index in [1.165, 1.54) is 16.7 Å². The number of aliphatic hydroxyl groups is 1. The molecule has 2 saturated carbocycles. The average molecular weight is 300 g/mol. The van der Waals surface area contributed by atoms with E-state index < -0.39 is 11.0 Å². The summed E-state index contributed by atoms with van der Waals surface area (Å²) < 4.78 is 0. The molecule has 2 fully saturated rings. The second-order valence-electron chi connectivity index (χ2n) is 7.92. The summed E-state index contributed by atoms with van der Waals surface area (Å²) in [6, 6.07) is 0. The third-order valence-electron chi connectivity index (χ3n) is 7.13. The molecule has 0 aromatic heterocycles. The molecular weight excluding hydrogens is 276 g/mol. The molecule has 1 N–H and O–H groups in total. The van der Waals surface area contributed by atoms with Crippen molar-refractivity contribution in [1.29, 1.82) is 0 Å².